The molecule has 0 unspecified atom stereocenters. The minimum atomic E-state index is -0.418. The van der Waals surface area contributed by atoms with Gasteiger partial charge in [-0.2, -0.15) is 0 Å². The number of carbonyl (C=O) groups is 2. The van der Waals surface area contributed by atoms with Crippen LogP contribution in [0.15, 0.2) is 54.6 Å². The van der Waals surface area contributed by atoms with E-state index in [9.17, 15) is 24.9 Å². The number of nitrogens with one attached hydrogen (secondary N) is 2. The van der Waals surface area contributed by atoms with Crippen molar-refractivity contribution in [3.8, 4) is 5.75 Å². The third-order valence-corrected chi connectivity index (χ3v) is 5.35. The van der Waals surface area contributed by atoms with Crippen molar-refractivity contribution in [2.75, 3.05) is 45.9 Å². The fourth-order valence-corrected chi connectivity index (χ4v) is 3.31. The molecule has 2 aromatic rings. The van der Waals surface area contributed by atoms with Gasteiger partial charge in [-0.15, -0.1) is 0 Å². The predicted octanol–water partition coefficient (Wildman–Crippen LogP) is 0.703. The number of hydrogen-bond donors (Lipinski definition) is 5. The summed E-state index contributed by atoms with van der Waals surface area (Å²) in [5, 5.41) is 33.9. The van der Waals surface area contributed by atoms with Gasteiger partial charge in [-0.25, -0.2) is 0 Å². The van der Waals surface area contributed by atoms with Crippen LogP contribution in [-0.2, 0) is 22.4 Å². The van der Waals surface area contributed by atoms with E-state index in [0.717, 1.165) is 17.5 Å². The Hall–Kier alpha value is -2.94. The monoisotopic (exact) mass is 457 g/mol. The number of rotatable bonds is 15. The van der Waals surface area contributed by atoms with Crippen LogP contribution in [0.5, 0.6) is 5.75 Å². The first-order valence-electron chi connectivity index (χ1n) is 11.3. The summed E-state index contributed by atoms with van der Waals surface area (Å²) in [6, 6.07) is 16.8. The number of carbonyl (C=O) groups excluding carboxylic acids is 2. The lowest BCUT2D eigenvalue weighted by molar-refractivity contribution is -0.133. The van der Waals surface area contributed by atoms with E-state index in [-0.39, 0.29) is 50.3 Å². The van der Waals surface area contributed by atoms with E-state index < -0.39 is 5.92 Å². The molecule has 2 amide bonds. The summed E-state index contributed by atoms with van der Waals surface area (Å²) >= 11 is 0. The highest BCUT2D eigenvalue weighted by Gasteiger charge is 2.19. The van der Waals surface area contributed by atoms with Gasteiger partial charge >= 0.3 is 0 Å². The lowest BCUT2D eigenvalue weighted by Crippen LogP contribution is -2.44. The Bertz CT molecular complexity index is 826. The van der Waals surface area contributed by atoms with Gasteiger partial charge in [0.2, 0.25) is 11.8 Å². The highest BCUT2D eigenvalue weighted by molar-refractivity contribution is 5.84. The molecular formula is C25H35N3O5. The maximum absolute atomic E-state index is 12.7. The molecule has 0 bridgehead atoms. The zero-order valence-corrected chi connectivity index (χ0v) is 18.9. The summed E-state index contributed by atoms with van der Waals surface area (Å²) in [7, 11) is 0. The Morgan fingerprint density at radius 1 is 0.879 bits per heavy atom. The molecule has 0 atom stereocenters. The largest absolute Gasteiger partial charge is 0.508 e. The quantitative estimate of drug-likeness (QED) is 0.251. The van der Waals surface area contributed by atoms with E-state index >= 15 is 0 Å². The standard InChI is InChI=1S/C25H35N3O5/c29-18-22(19-30)17-28(15-12-20-4-2-1-3-5-20)25(33)16-27-24(32)11-14-26-13-10-21-6-8-23(31)9-7-21/h1-9,22,26,29-31H,10-19H2,(H,27,32). The molecule has 0 aliphatic heterocycles. The van der Waals surface area contributed by atoms with Crippen molar-refractivity contribution in [1.82, 2.24) is 15.5 Å². The van der Waals surface area contributed by atoms with Crippen molar-refractivity contribution in [2.45, 2.75) is 19.3 Å². The number of hydrogen-bond acceptors (Lipinski definition) is 6. The van der Waals surface area contributed by atoms with Crippen LogP contribution in [0, 0.1) is 5.92 Å². The molecular weight excluding hydrogens is 422 g/mol. The second-order valence-electron chi connectivity index (χ2n) is 8.00. The van der Waals surface area contributed by atoms with E-state index in [0.29, 0.717) is 26.1 Å². The number of aliphatic hydroxyl groups excluding tert-OH is 2. The van der Waals surface area contributed by atoms with E-state index in [1.54, 1.807) is 17.0 Å². The first-order chi connectivity index (χ1) is 16.0. The topological polar surface area (TPSA) is 122 Å². The predicted molar refractivity (Wildman–Crippen MR) is 127 cm³/mol. The first kappa shape index (κ1) is 26.3. The fraction of sp³-hybridized carbons (Fsp3) is 0.440. The summed E-state index contributed by atoms with van der Waals surface area (Å²) in [6.45, 7) is 1.31. The van der Waals surface area contributed by atoms with Crippen LogP contribution in [0.1, 0.15) is 17.5 Å². The average Bonchev–Trinajstić information content (AvgIpc) is 2.84. The molecule has 2 aromatic carbocycles. The molecule has 180 valence electrons. The Labute approximate surface area is 195 Å². The van der Waals surface area contributed by atoms with E-state index in [4.69, 9.17) is 0 Å². The molecule has 0 saturated heterocycles. The van der Waals surface area contributed by atoms with Crippen molar-refractivity contribution in [1.29, 1.82) is 0 Å². The average molecular weight is 458 g/mol. The highest BCUT2D eigenvalue weighted by atomic mass is 16.3. The van der Waals surface area contributed by atoms with Gasteiger partial charge in [0.15, 0.2) is 0 Å². The third-order valence-electron chi connectivity index (χ3n) is 5.35. The molecule has 5 N–H and O–H groups in total. The molecule has 33 heavy (non-hydrogen) atoms. The summed E-state index contributed by atoms with van der Waals surface area (Å²) in [5.74, 6) is -0.645. The van der Waals surface area contributed by atoms with Gasteiger partial charge in [-0.3, -0.25) is 9.59 Å². The van der Waals surface area contributed by atoms with Crippen LogP contribution >= 0.6 is 0 Å². The molecule has 8 nitrogen and oxygen atoms in total. The van der Waals surface area contributed by atoms with Crippen molar-refractivity contribution in [2.24, 2.45) is 5.92 Å². The van der Waals surface area contributed by atoms with Gasteiger partial charge in [0.25, 0.3) is 0 Å². The van der Waals surface area contributed by atoms with Crippen LogP contribution in [0.3, 0.4) is 0 Å². The summed E-state index contributed by atoms with van der Waals surface area (Å²) in [5.41, 5.74) is 2.18. The number of phenols is 1. The molecule has 0 spiro atoms. The van der Waals surface area contributed by atoms with Crippen molar-refractivity contribution in [3.63, 3.8) is 0 Å². The summed E-state index contributed by atoms with van der Waals surface area (Å²) < 4.78 is 0. The number of aromatic hydroxyl groups is 1. The normalized spacial score (nSPS) is 10.9. The number of phenolic OH excluding ortho intramolecular Hbond substituents is 1. The molecule has 0 radical (unpaired) electrons. The molecule has 0 aliphatic rings. The van der Waals surface area contributed by atoms with E-state index in [2.05, 4.69) is 10.6 Å². The first-order valence-corrected chi connectivity index (χ1v) is 11.3. The van der Waals surface area contributed by atoms with Crippen LogP contribution in [0.2, 0.25) is 0 Å². The minimum absolute atomic E-state index is 0.120. The van der Waals surface area contributed by atoms with Crippen LogP contribution in [-0.4, -0.2) is 78.0 Å². The maximum atomic E-state index is 12.7. The van der Waals surface area contributed by atoms with Crippen LogP contribution in [0.25, 0.3) is 0 Å². The van der Waals surface area contributed by atoms with Crippen molar-refractivity contribution >= 4 is 11.8 Å². The van der Waals surface area contributed by atoms with E-state index in [1.165, 1.54) is 0 Å². The SMILES string of the molecule is O=C(CCNCCc1ccc(O)cc1)NCC(=O)N(CCc1ccccc1)CC(CO)CO. The third kappa shape index (κ3) is 10.5. The number of aliphatic hydroxyl groups is 2. The van der Waals surface area contributed by atoms with Crippen LogP contribution < -0.4 is 10.6 Å². The Kier molecular flexibility index (Phi) is 12.0. The highest BCUT2D eigenvalue weighted by Crippen LogP contribution is 2.09. The molecule has 0 aromatic heterocycles. The molecule has 0 saturated carbocycles. The minimum Gasteiger partial charge on any atom is -0.508 e. The van der Waals surface area contributed by atoms with Gasteiger partial charge in [0, 0.05) is 45.2 Å². The summed E-state index contributed by atoms with van der Waals surface area (Å²) in [6.07, 6.45) is 1.69. The Morgan fingerprint density at radius 3 is 2.21 bits per heavy atom. The zero-order valence-electron chi connectivity index (χ0n) is 18.9. The maximum Gasteiger partial charge on any atom is 0.241 e. The molecule has 0 heterocycles. The number of amides is 2. The molecule has 8 heteroatoms. The lowest BCUT2D eigenvalue weighted by atomic mass is 10.1. The molecule has 0 aliphatic carbocycles. The molecule has 0 fully saturated rings. The molecule has 2 rings (SSSR count). The Morgan fingerprint density at radius 2 is 1.55 bits per heavy atom. The number of benzene rings is 2. The van der Waals surface area contributed by atoms with Gasteiger partial charge < -0.3 is 30.9 Å². The second kappa shape index (κ2) is 15.0. The van der Waals surface area contributed by atoms with Gasteiger partial charge in [-0.05, 0) is 42.6 Å². The van der Waals surface area contributed by atoms with Gasteiger partial charge in [0.05, 0.1) is 6.54 Å². The summed E-state index contributed by atoms with van der Waals surface area (Å²) in [4.78, 5) is 26.4. The smallest absolute Gasteiger partial charge is 0.241 e. The van der Waals surface area contributed by atoms with Crippen LogP contribution in [0.4, 0.5) is 0 Å². The zero-order chi connectivity index (χ0) is 23.9. The lowest BCUT2D eigenvalue weighted by Gasteiger charge is -2.26. The van der Waals surface area contributed by atoms with Crippen molar-refractivity contribution in [3.05, 3.63) is 65.7 Å². The van der Waals surface area contributed by atoms with Gasteiger partial charge in [0.1, 0.15) is 5.75 Å². The fourth-order valence-electron chi connectivity index (χ4n) is 3.31. The number of nitrogens with zero attached hydrogens (tertiary/aromatic N) is 1. The second-order valence-corrected chi connectivity index (χ2v) is 8.00. The van der Waals surface area contributed by atoms with Gasteiger partial charge in [-0.1, -0.05) is 42.5 Å². The van der Waals surface area contributed by atoms with Crippen molar-refractivity contribution < 1.29 is 24.9 Å². The Balaban J connectivity index is 1.71. The van der Waals surface area contributed by atoms with E-state index in [1.807, 2.05) is 42.5 Å².